The van der Waals surface area contributed by atoms with E-state index in [-0.39, 0.29) is 23.3 Å². The number of fused-ring (bicyclic) bond motifs is 1. The highest BCUT2D eigenvalue weighted by atomic mass is 16.4. The van der Waals surface area contributed by atoms with Gasteiger partial charge in [-0.2, -0.15) is 5.10 Å². The zero-order valence-electron chi connectivity index (χ0n) is 20.5. The monoisotopic (exact) mass is 486 g/mol. The van der Waals surface area contributed by atoms with Crippen molar-refractivity contribution in [3.63, 3.8) is 0 Å². The van der Waals surface area contributed by atoms with E-state index < -0.39 is 5.97 Å². The second-order valence-corrected chi connectivity index (χ2v) is 9.68. The molecule has 0 aliphatic heterocycles. The highest BCUT2D eigenvalue weighted by molar-refractivity contribution is 6.01. The number of nitrogens with zero attached hydrogens (tertiary/aromatic N) is 6. The lowest BCUT2D eigenvalue weighted by Crippen LogP contribution is -2.39. The SMILES string of the molecule is CC(C)N(C(=O)CC1CCCCC1)c1nn(-c2ccc(-c3cc4ncccn4n3)cc2)cc1C(=O)O. The Kier molecular flexibility index (Phi) is 6.54. The Bertz CT molecular complexity index is 1350. The van der Waals surface area contributed by atoms with Gasteiger partial charge >= 0.3 is 5.97 Å². The average molecular weight is 487 g/mol. The maximum atomic E-state index is 13.3. The molecule has 1 N–H and O–H groups in total. The van der Waals surface area contributed by atoms with Gasteiger partial charge in [-0.3, -0.25) is 9.69 Å². The third kappa shape index (κ3) is 4.73. The molecular formula is C27H30N6O3. The van der Waals surface area contributed by atoms with Gasteiger partial charge in [0.2, 0.25) is 5.91 Å². The molecule has 0 spiro atoms. The van der Waals surface area contributed by atoms with Gasteiger partial charge in [-0.1, -0.05) is 31.4 Å². The van der Waals surface area contributed by atoms with Crippen molar-refractivity contribution in [1.29, 1.82) is 0 Å². The molecule has 1 saturated carbocycles. The lowest BCUT2D eigenvalue weighted by Gasteiger charge is -2.28. The molecular weight excluding hydrogens is 456 g/mol. The number of carboxylic acids is 1. The van der Waals surface area contributed by atoms with Gasteiger partial charge in [0.05, 0.1) is 11.4 Å². The van der Waals surface area contributed by atoms with E-state index in [1.165, 1.54) is 17.3 Å². The molecule has 3 aromatic heterocycles. The summed E-state index contributed by atoms with van der Waals surface area (Å²) in [7, 11) is 0. The molecule has 1 aliphatic rings. The molecule has 9 nitrogen and oxygen atoms in total. The average Bonchev–Trinajstić information content (AvgIpc) is 3.50. The first-order chi connectivity index (χ1) is 17.4. The van der Waals surface area contributed by atoms with Crippen LogP contribution in [0.3, 0.4) is 0 Å². The second-order valence-electron chi connectivity index (χ2n) is 9.68. The zero-order chi connectivity index (χ0) is 25.2. The number of aromatic carboxylic acids is 1. The Balaban J connectivity index is 1.43. The minimum atomic E-state index is -1.11. The minimum Gasteiger partial charge on any atom is -0.477 e. The molecule has 1 aromatic carbocycles. The summed E-state index contributed by atoms with van der Waals surface area (Å²) in [5.74, 6) is -0.638. The Labute approximate surface area is 209 Å². The predicted octanol–water partition coefficient (Wildman–Crippen LogP) is 4.99. The highest BCUT2D eigenvalue weighted by Crippen LogP contribution is 2.30. The molecule has 0 saturated heterocycles. The Morgan fingerprint density at radius 1 is 1.11 bits per heavy atom. The normalized spacial score (nSPS) is 14.4. The summed E-state index contributed by atoms with van der Waals surface area (Å²) in [5.41, 5.74) is 3.15. The molecule has 5 rings (SSSR count). The molecule has 36 heavy (non-hydrogen) atoms. The molecule has 0 unspecified atom stereocenters. The first-order valence-corrected chi connectivity index (χ1v) is 12.5. The molecule has 0 bridgehead atoms. The number of anilines is 1. The van der Waals surface area contributed by atoms with Gasteiger partial charge in [0, 0.05) is 42.7 Å². The lowest BCUT2D eigenvalue weighted by molar-refractivity contribution is -0.120. The van der Waals surface area contributed by atoms with Crippen molar-refractivity contribution in [3.05, 3.63) is 60.6 Å². The third-order valence-corrected chi connectivity index (χ3v) is 6.79. The van der Waals surface area contributed by atoms with Crippen molar-refractivity contribution in [2.75, 3.05) is 4.90 Å². The van der Waals surface area contributed by atoms with Crippen molar-refractivity contribution in [2.45, 2.75) is 58.4 Å². The van der Waals surface area contributed by atoms with Crippen LogP contribution in [0.1, 0.15) is 62.7 Å². The van der Waals surface area contributed by atoms with Gasteiger partial charge in [-0.15, -0.1) is 5.10 Å². The standard InChI is InChI=1S/C27H30N6O3/c1-18(2)33(25(34)15-19-7-4-3-5-8-19)26-22(27(35)36)17-32(30-26)21-11-9-20(10-12-21)23-16-24-28-13-6-14-31(24)29-23/h6,9-14,16-19H,3-5,7-8,15H2,1-2H3,(H,35,36). The fourth-order valence-corrected chi connectivity index (χ4v) is 4.97. The minimum absolute atomic E-state index is 0.0104. The number of carbonyl (C=O) groups excluding carboxylic acids is 1. The van der Waals surface area contributed by atoms with E-state index in [0.29, 0.717) is 18.0 Å². The Morgan fingerprint density at radius 3 is 2.53 bits per heavy atom. The topological polar surface area (TPSA) is 106 Å². The molecule has 1 amide bonds. The van der Waals surface area contributed by atoms with Crippen LogP contribution in [-0.2, 0) is 4.79 Å². The summed E-state index contributed by atoms with van der Waals surface area (Å²) in [6, 6.07) is 11.1. The lowest BCUT2D eigenvalue weighted by atomic mass is 9.86. The van der Waals surface area contributed by atoms with E-state index in [2.05, 4.69) is 15.2 Å². The first-order valence-electron chi connectivity index (χ1n) is 12.5. The van der Waals surface area contributed by atoms with E-state index >= 15 is 0 Å². The Hall–Kier alpha value is -4.01. The zero-order valence-corrected chi connectivity index (χ0v) is 20.5. The van der Waals surface area contributed by atoms with Crippen LogP contribution in [-0.4, -0.2) is 47.4 Å². The maximum Gasteiger partial charge on any atom is 0.341 e. The quantitative estimate of drug-likeness (QED) is 0.394. The number of rotatable bonds is 7. The fraction of sp³-hybridized carbons (Fsp3) is 0.370. The molecule has 186 valence electrons. The second kappa shape index (κ2) is 9.93. The van der Waals surface area contributed by atoms with Gasteiger partial charge in [-0.05, 0) is 50.8 Å². The van der Waals surface area contributed by atoms with Gasteiger partial charge in [-0.25, -0.2) is 19.0 Å². The summed E-state index contributed by atoms with van der Waals surface area (Å²) in [4.78, 5) is 31.3. The van der Waals surface area contributed by atoms with Crippen LogP contribution >= 0.6 is 0 Å². The van der Waals surface area contributed by atoms with Crippen LogP contribution in [0.15, 0.2) is 55.0 Å². The van der Waals surface area contributed by atoms with Crippen LogP contribution in [0, 0.1) is 5.92 Å². The fourth-order valence-electron chi connectivity index (χ4n) is 4.97. The molecule has 1 aliphatic carbocycles. The van der Waals surface area contributed by atoms with E-state index in [0.717, 1.165) is 42.6 Å². The Morgan fingerprint density at radius 2 is 1.86 bits per heavy atom. The predicted molar refractivity (Wildman–Crippen MR) is 136 cm³/mol. The van der Waals surface area contributed by atoms with Crippen molar-refractivity contribution < 1.29 is 14.7 Å². The smallest absolute Gasteiger partial charge is 0.341 e. The van der Waals surface area contributed by atoms with Crippen molar-refractivity contribution in [1.82, 2.24) is 24.4 Å². The maximum absolute atomic E-state index is 13.3. The summed E-state index contributed by atoms with van der Waals surface area (Å²) < 4.78 is 3.24. The van der Waals surface area contributed by atoms with E-state index in [1.54, 1.807) is 15.6 Å². The summed E-state index contributed by atoms with van der Waals surface area (Å²) in [6.07, 6.45) is 11.1. The van der Waals surface area contributed by atoms with Crippen LogP contribution < -0.4 is 4.90 Å². The number of carbonyl (C=O) groups is 2. The van der Waals surface area contributed by atoms with Crippen molar-refractivity contribution in [3.8, 4) is 16.9 Å². The van der Waals surface area contributed by atoms with E-state index in [4.69, 9.17) is 0 Å². The van der Waals surface area contributed by atoms with E-state index in [9.17, 15) is 14.7 Å². The van der Waals surface area contributed by atoms with Crippen LogP contribution in [0.2, 0.25) is 0 Å². The van der Waals surface area contributed by atoms with Gasteiger partial charge < -0.3 is 5.11 Å². The molecule has 1 fully saturated rings. The van der Waals surface area contributed by atoms with Gasteiger partial charge in [0.15, 0.2) is 11.5 Å². The summed E-state index contributed by atoms with van der Waals surface area (Å²) in [5, 5.41) is 19.0. The van der Waals surface area contributed by atoms with Crippen LogP contribution in [0.4, 0.5) is 5.82 Å². The van der Waals surface area contributed by atoms with Crippen LogP contribution in [0.25, 0.3) is 22.6 Å². The molecule has 0 radical (unpaired) electrons. The highest BCUT2D eigenvalue weighted by Gasteiger charge is 2.30. The number of carboxylic acid groups (broad SMARTS) is 1. The number of aromatic nitrogens is 5. The third-order valence-electron chi connectivity index (χ3n) is 6.79. The van der Waals surface area contributed by atoms with Crippen LogP contribution in [0.5, 0.6) is 0 Å². The molecule has 0 atom stereocenters. The van der Waals surface area contributed by atoms with Crippen molar-refractivity contribution >= 4 is 23.3 Å². The number of benzene rings is 1. The summed E-state index contributed by atoms with van der Waals surface area (Å²) >= 11 is 0. The number of hydrogen-bond donors (Lipinski definition) is 1. The number of hydrogen-bond acceptors (Lipinski definition) is 5. The largest absolute Gasteiger partial charge is 0.477 e. The van der Waals surface area contributed by atoms with Gasteiger partial charge in [0.1, 0.15) is 5.56 Å². The van der Waals surface area contributed by atoms with Crippen molar-refractivity contribution in [2.24, 2.45) is 5.92 Å². The first kappa shape index (κ1) is 23.7. The molecule has 4 aromatic rings. The molecule has 3 heterocycles. The van der Waals surface area contributed by atoms with Gasteiger partial charge in [0.25, 0.3) is 0 Å². The van der Waals surface area contributed by atoms with E-state index in [1.807, 2.05) is 56.4 Å². The molecule has 9 heteroatoms. The summed E-state index contributed by atoms with van der Waals surface area (Å²) in [6.45, 7) is 3.78. The number of amides is 1.